The number of carbonyl (C=O) groups excluding carboxylic acids is 1. The van der Waals surface area contributed by atoms with Gasteiger partial charge in [0.15, 0.2) is 11.7 Å². The number of anilines is 1. The van der Waals surface area contributed by atoms with E-state index in [1.54, 1.807) is 12.1 Å². The molecule has 2 aromatic rings. The van der Waals surface area contributed by atoms with Gasteiger partial charge in [0, 0.05) is 17.8 Å². The summed E-state index contributed by atoms with van der Waals surface area (Å²) in [5.74, 6) is 0.155. The third kappa shape index (κ3) is 5.33. The van der Waals surface area contributed by atoms with Gasteiger partial charge in [-0.1, -0.05) is 18.2 Å². The number of nitro benzene ring substituents is 1. The van der Waals surface area contributed by atoms with Crippen LogP contribution in [0, 0.1) is 17.0 Å². The van der Waals surface area contributed by atoms with Gasteiger partial charge < -0.3 is 10.1 Å². The van der Waals surface area contributed by atoms with Crippen molar-refractivity contribution in [1.82, 2.24) is 5.32 Å². The van der Waals surface area contributed by atoms with Crippen LogP contribution < -0.4 is 15.4 Å². The summed E-state index contributed by atoms with van der Waals surface area (Å²) in [4.78, 5) is 22.0. The van der Waals surface area contributed by atoms with Crippen molar-refractivity contribution in [1.29, 1.82) is 0 Å². The summed E-state index contributed by atoms with van der Waals surface area (Å²) in [6.07, 6.45) is 0. The molecule has 2 N–H and O–H groups in total. The van der Waals surface area contributed by atoms with E-state index in [4.69, 9.17) is 17.0 Å². The molecular formula is C16H15N3O4S. The lowest BCUT2D eigenvalue weighted by atomic mass is 10.2. The van der Waals surface area contributed by atoms with Crippen molar-refractivity contribution in [3.8, 4) is 5.75 Å². The summed E-state index contributed by atoms with van der Waals surface area (Å²) in [5.41, 5.74) is 1.36. The lowest BCUT2D eigenvalue weighted by molar-refractivity contribution is -0.384. The number of nitrogens with zero attached hydrogens (tertiary/aromatic N) is 1. The van der Waals surface area contributed by atoms with Crippen LogP contribution in [0.5, 0.6) is 5.75 Å². The number of hydrogen-bond donors (Lipinski definition) is 2. The van der Waals surface area contributed by atoms with Gasteiger partial charge in [-0.3, -0.25) is 20.2 Å². The van der Waals surface area contributed by atoms with Gasteiger partial charge in [-0.15, -0.1) is 0 Å². The van der Waals surface area contributed by atoms with Crippen LogP contribution in [0.25, 0.3) is 0 Å². The highest BCUT2D eigenvalue weighted by molar-refractivity contribution is 7.80. The molecule has 0 aromatic heterocycles. The third-order valence-electron chi connectivity index (χ3n) is 2.93. The SMILES string of the molecule is Cc1cccc(OCC(=O)NC(=S)Nc2cccc([N+](=O)[O-])c2)c1. The molecular weight excluding hydrogens is 330 g/mol. The number of ether oxygens (including phenoxy) is 1. The molecule has 0 radical (unpaired) electrons. The third-order valence-corrected chi connectivity index (χ3v) is 3.13. The van der Waals surface area contributed by atoms with Gasteiger partial charge in [-0.05, 0) is 42.9 Å². The predicted octanol–water partition coefficient (Wildman–Crippen LogP) is 2.80. The molecule has 24 heavy (non-hydrogen) atoms. The number of rotatable bonds is 5. The molecule has 124 valence electrons. The maximum Gasteiger partial charge on any atom is 0.271 e. The molecule has 0 unspecified atom stereocenters. The van der Waals surface area contributed by atoms with Crippen molar-refractivity contribution < 1.29 is 14.5 Å². The zero-order valence-electron chi connectivity index (χ0n) is 12.8. The van der Waals surface area contributed by atoms with Crippen molar-refractivity contribution in [3.63, 3.8) is 0 Å². The first kappa shape index (κ1) is 17.4. The molecule has 0 aliphatic heterocycles. The number of benzene rings is 2. The number of nitro groups is 1. The maximum atomic E-state index is 11.8. The highest BCUT2D eigenvalue weighted by Crippen LogP contribution is 2.16. The summed E-state index contributed by atoms with van der Waals surface area (Å²) in [6, 6.07) is 13.1. The second kappa shape index (κ2) is 8.02. The fourth-order valence-electron chi connectivity index (χ4n) is 1.88. The van der Waals surface area contributed by atoms with E-state index in [0.717, 1.165) is 5.56 Å². The predicted molar refractivity (Wildman–Crippen MR) is 94.1 cm³/mol. The lowest BCUT2D eigenvalue weighted by Crippen LogP contribution is -2.37. The van der Waals surface area contributed by atoms with Crippen LogP contribution in [0.1, 0.15) is 5.56 Å². The number of nitrogens with one attached hydrogen (secondary N) is 2. The minimum Gasteiger partial charge on any atom is -0.484 e. The van der Waals surface area contributed by atoms with Crippen LogP contribution in [0.3, 0.4) is 0 Å². The van der Waals surface area contributed by atoms with Gasteiger partial charge in [0.25, 0.3) is 11.6 Å². The molecule has 0 fully saturated rings. The van der Waals surface area contributed by atoms with Crippen LogP contribution in [0.2, 0.25) is 0 Å². The van der Waals surface area contributed by atoms with Crippen LogP contribution in [-0.4, -0.2) is 22.5 Å². The smallest absolute Gasteiger partial charge is 0.271 e. The molecule has 0 saturated carbocycles. The Balaban J connectivity index is 1.84. The number of non-ortho nitro benzene ring substituents is 1. The first-order valence-corrected chi connectivity index (χ1v) is 7.39. The molecule has 7 nitrogen and oxygen atoms in total. The summed E-state index contributed by atoms with van der Waals surface area (Å²) >= 11 is 5.00. The summed E-state index contributed by atoms with van der Waals surface area (Å²) < 4.78 is 5.36. The van der Waals surface area contributed by atoms with Crippen molar-refractivity contribution in [3.05, 3.63) is 64.2 Å². The van der Waals surface area contributed by atoms with Crippen molar-refractivity contribution >= 4 is 34.6 Å². The number of aryl methyl sites for hydroxylation is 1. The van der Waals surface area contributed by atoms with Gasteiger partial charge in [0.2, 0.25) is 0 Å². The Morgan fingerprint density at radius 2 is 2.00 bits per heavy atom. The van der Waals surface area contributed by atoms with E-state index in [-0.39, 0.29) is 17.4 Å². The highest BCUT2D eigenvalue weighted by Gasteiger charge is 2.09. The standard InChI is InChI=1S/C16H15N3O4S/c1-11-4-2-7-14(8-11)23-10-15(20)18-16(24)17-12-5-3-6-13(9-12)19(21)22/h2-9H,10H2,1H3,(H2,17,18,20,24). The van der Waals surface area contributed by atoms with Crippen LogP contribution in [-0.2, 0) is 4.79 Å². The molecule has 8 heteroatoms. The maximum absolute atomic E-state index is 11.8. The van der Waals surface area contributed by atoms with Gasteiger partial charge in [-0.25, -0.2) is 0 Å². The molecule has 0 aliphatic carbocycles. The van der Waals surface area contributed by atoms with E-state index in [1.165, 1.54) is 18.2 Å². The van der Waals surface area contributed by atoms with Crippen molar-refractivity contribution in [2.24, 2.45) is 0 Å². The number of hydrogen-bond acceptors (Lipinski definition) is 5. The molecule has 1 amide bonds. The average Bonchev–Trinajstić information content (AvgIpc) is 2.53. The average molecular weight is 345 g/mol. The summed E-state index contributed by atoms with van der Waals surface area (Å²) in [6.45, 7) is 1.73. The fourth-order valence-corrected chi connectivity index (χ4v) is 2.11. The van der Waals surface area contributed by atoms with Gasteiger partial charge >= 0.3 is 0 Å². The first-order valence-electron chi connectivity index (χ1n) is 6.99. The van der Waals surface area contributed by atoms with Gasteiger partial charge in [-0.2, -0.15) is 0 Å². The monoisotopic (exact) mass is 345 g/mol. The molecule has 2 aromatic carbocycles. The second-order valence-electron chi connectivity index (χ2n) is 4.91. The summed E-state index contributed by atoms with van der Waals surface area (Å²) in [5, 5.41) is 15.9. The largest absolute Gasteiger partial charge is 0.484 e. The minimum atomic E-state index is -0.511. The number of amides is 1. The lowest BCUT2D eigenvalue weighted by Gasteiger charge is -2.10. The highest BCUT2D eigenvalue weighted by atomic mass is 32.1. The zero-order valence-corrected chi connectivity index (χ0v) is 13.6. The van der Waals surface area contributed by atoms with Crippen LogP contribution in [0.4, 0.5) is 11.4 Å². The van der Waals surface area contributed by atoms with Crippen molar-refractivity contribution in [2.75, 3.05) is 11.9 Å². The molecule has 0 atom stereocenters. The minimum absolute atomic E-state index is 0.0355. The van der Waals surface area contributed by atoms with Gasteiger partial charge in [0.1, 0.15) is 5.75 Å². The first-order chi connectivity index (χ1) is 11.4. The molecule has 0 saturated heterocycles. The Morgan fingerprint density at radius 1 is 1.25 bits per heavy atom. The molecule has 0 aliphatic rings. The van der Waals surface area contributed by atoms with E-state index >= 15 is 0 Å². The Bertz CT molecular complexity index is 779. The fraction of sp³-hybridized carbons (Fsp3) is 0.125. The normalized spacial score (nSPS) is 9.88. The molecule has 0 bridgehead atoms. The van der Waals surface area contributed by atoms with Crippen molar-refractivity contribution in [2.45, 2.75) is 6.92 Å². The number of carbonyl (C=O) groups is 1. The van der Waals surface area contributed by atoms with E-state index in [2.05, 4.69) is 10.6 Å². The second-order valence-corrected chi connectivity index (χ2v) is 5.32. The van der Waals surface area contributed by atoms with E-state index in [9.17, 15) is 14.9 Å². The number of thiocarbonyl (C=S) groups is 1. The molecule has 0 spiro atoms. The van der Waals surface area contributed by atoms with E-state index in [1.807, 2.05) is 25.1 Å². The van der Waals surface area contributed by atoms with Crippen LogP contribution >= 0.6 is 12.2 Å². The van der Waals surface area contributed by atoms with Crippen LogP contribution in [0.15, 0.2) is 48.5 Å². The quantitative estimate of drug-likeness (QED) is 0.492. The molecule has 0 heterocycles. The Hall–Kier alpha value is -3.00. The Kier molecular flexibility index (Phi) is 5.80. The topological polar surface area (TPSA) is 93.5 Å². The van der Waals surface area contributed by atoms with Gasteiger partial charge in [0.05, 0.1) is 4.92 Å². The zero-order chi connectivity index (χ0) is 17.5. The Morgan fingerprint density at radius 3 is 2.71 bits per heavy atom. The summed E-state index contributed by atoms with van der Waals surface area (Å²) in [7, 11) is 0. The Labute approximate surface area is 143 Å². The van der Waals surface area contributed by atoms with E-state index < -0.39 is 10.8 Å². The molecule has 2 rings (SSSR count). The van der Waals surface area contributed by atoms with E-state index in [0.29, 0.717) is 11.4 Å².